The van der Waals surface area contributed by atoms with E-state index in [-0.39, 0.29) is 5.82 Å². The van der Waals surface area contributed by atoms with Crippen LogP contribution in [0.25, 0.3) is 0 Å². The van der Waals surface area contributed by atoms with E-state index in [0.29, 0.717) is 5.92 Å². The zero-order valence-corrected chi connectivity index (χ0v) is 9.70. The van der Waals surface area contributed by atoms with E-state index in [1.165, 1.54) is 23.6 Å². The molecule has 0 saturated heterocycles. The summed E-state index contributed by atoms with van der Waals surface area (Å²) >= 11 is 0. The van der Waals surface area contributed by atoms with Gasteiger partial charge in [0.25, 0.3) is 0 Å². The fraction of sp³-hybridized carbons (Fsp3) is 0.250. The molecule has 0 saturated carbocycles. The minimum absolute atomic E-state index is 0.131. The van der Waals surface area contributed by atoms with E-state index in [1.54, 1.807) is 12.1 Å². The van der Waals surface area contributed by atoms with E-state index in [1.807, 2.05) is 6.07 Å². The Bertz CT molecular complexity index is 531. The third-order valence-corrected chi connectivity index (χ3v) is 3.63. The number of hydrogen-bond acceptors (Lipinski definition) is 0. The van der Waals surface area contributed by atoms with E-state index in [9.17, 15) is 4.39 Å². The van der Waals surface area contributed by atoms with Crippen molar-refractivity contribution in [2.24, 2.45) is 0 Å². The molecule has 0 aliphatic heterocycles. The van der Waals surface area contributed by atoms with Crippen LogP contribution in [0.4, 0.5) is 4.39 Å². The van der Waals surface area contributed by atoms with Crippen LogP contribution in [-0.2, 0) is 12.8 Å². The van der Waals surface area contributed by atoms with Crippen LogP contribution in [0.3, 0.4) is 0 Å². The first-order chi connectivity index (χ1) is 8.33. The first kappa shape index (κ1) is 10.5. The molecule has 1 atom stereocenters. The Balaban J connectivity index is 1.84. The van der Waals surface area contributed by atoms with Crippen LogP contribution in [0.1, 0.15) is 29.0 Å². The molecule has 0 fully saturated rings. The maximum absolute atomic E-state index is 13.1. The highest BCUT2D eigenvalue weighted by Gasteiger charge is 2.21. The number of rotatable bonds is 2. The molecule has 2 aromatic rings. The molecule has 0 heterocycles. The van der Waals surface area contributed by atoms with E-state index in [2.05, 4.69) is 24.3 Å². The van der Waals surface area contributed by atoms with Gasteiger partial charge in [-0.2, -0.15) is 0 Å². The Morgan fingerprint density at radius 1 is 1.06 bits per heavy atom. The van der Waals surface area contributed by atoms with E-state index in [0.717, 1.165) is 18.4 Å². The molecule has 17 heavy (non-hydrogen) atoms. The minimum Gasteiger partial charge on any atom is -0.207 e. The minimum atomic E-state index is -0.131. The van der Waals surface area contributed by atoms with Crippen molar-refractivity contribution in [1.29, 1.82) is 0 Å². The van der Waals surface area contributed by atoms with Gasteiger partial charge in [-0.1, -0.05) is 36.4 Å². The van der Waals surface area contributed by atoms with E-state index >= 15 is 0 Å². The summed E-state index contributed by atoms with van der Waals surface area (Å²) in [5.74, 6) is 0.432. The molecule has 1 aliphatic carbocycles. The molecule has 0 spiro atoms. The SMILES string of the molecule is Fc1cccc(C[C@@H]2CCc3ccccc32)c1. The molecule has 0 N–H and O–H groups in total. The van der Waals surface area contributed by atoms with Gasteiger partial charge in [0, 0.05) is 0 Å². The van der Waals surface area contributed by atoms with Gasteiger partial charge >= 0.3 is 0 Å². The van der Waals surface area contributed by atoms with Gasteiger partial charge in [0.15, 0.2) is 0 Å². The van der Waals surface area contributed by atoms with Crippen molar-refractivity contribution in [3.8, 4) is 0 Å². The Morgan fingerprint density at radius 3 is 2.82 bits per heavy atom. The van der Waals surface area contributed by atoms with E-state index in [4.69, 9.17) is 0 Å². The predicted octanol–water partition coefficient (Wildman–Crippen LogP) is 4.10. The highest BCUT2D eigenvalue weighted by molar-refractivity contribution is 5.36. The second-order valence-electron chi connectivity index (χ2n) is 4.77. The maximum Gasteiger partial charge on any atom is 0.123 e. The van der Waals surface area contributed by atoms with Gasteiger partial charge < -0.3 is 0 Å². The number of halogens is 1. The normalized spacial score (nSPS) is 18.1. The summed E-state index contributed by atoms with van der Waals surface area (Å²) in [6.07, 6.45) is 3.31. The van der Waals surface area contributed by atoms with Gasteiger partial charge in [-0.05, 0) is 54.0 Å². The number of aryl methyl sites for hydroxylation is 1. The van der Waals surface area contributed by atoms with Gasteiger partial charge in [0.05, 0.1) is 0 Å². The van der Waals surface area contributed by atoms with Crippen LogP contribution < -0.4 is 0 Å². The summed E-state index contributed by atoms with van der Waals surface area (Å²) in [5.41, 5.74) is 4.03. The summed E-state index contributed by atoms with van der Waals surface area (Å²) in [4.78, 5) is 0. The lowest BCUT2D eigenvalue weighted by atomic mass is 9.94. The molecule has 1 heteroatoms. The van der Waals surface area contributed by atoms with Gasteiger partial charge in [-0.3, -0.25) is 0 Å². The first-order valence-electron chi connectivity index (χ1n) is 6.15. The Kier molecular flexibility index (Phi) is 2.68. The van der Waals surface area contributed by atoms with Crippen LogP contribution in [0.15, 0.2) is 48.5 Å². The number of fused-ring (bicyclic) bond motifs is 1. The molecule has 0 aromatic heterocycles. The van der Waals surface area contributed by atoms with E-state index < -0.39 is 0 Å². The summed E-state index contributed by atoms with van der Waals surface area (Å²) < 4.78 is 13.1. The van der Waals surface area contributed by atoms with Crippen LogP contribution in [-0.4, -0.2) is 0 Å². The van der Waals surface area contributed by atoms with Crippen molar-refractivity contribution in [1.82, 2.24) is 0 Å². The van der Waals surface area contributed by atoms with Crippen molar-refractivity contribution >= 4 is 0 Å². The van der Waals surface area contributed by atoms with Crippen LogP contribution in [0, 0.1) is 5.82 Å². The molecule has 3 rings (SSSR count). The molecule has 0 bridgehead atoms. The van der Waals surface area contributed by atoms with Crippen molar-refractivity contribution in [2.75, 3.05) is 0 Å². The van der Waals surface area contributed by atoms with Crippen LogP contribution >= 0.6 is 0 Å². The molecule has 0 amide bonds. The smallest absolute Gasteiger partial charge is 0.123 e. The quantitative estimate of drug-likeness (QED) is 0.723. The third-order valence-electron chi connectivity index (χ3n) is 3.63. The zero-order chi connectivity index (χ0) is 11.7. The van der Waals surface area contributed by atoms with Gasteiger partial charge in [-0.25, -0.2) is 4.39 Å². The Labute approximate surface area is 101 Å². The molecule has 1 aliphatic rings. The summed E-state index contributed by atoms with van der Waals surface area (Å²) in [5, 5.41) is 0. The fourth-order valence-corrected chi connectivity index (χ4v) is 2.81. The monoisotopic (exact) mass is 226 g/mol. The first-order valence-corrected chi connectivity index (χ1v) is 6.15. The maximum atomic E-state index is 13.1. The van der Waals surface area contributed by atoms with Gasteiger partial charge in [0.2, 0.25) is 0 Å². The molecular weight excluding hydrogens is 211 g/mol. The lowest BCUT2D eigenvalue weighted by Crippen LogP contribution is -1.98. The Hall–Kier alpha value is -1.63. The lowest BCUT2D eigenvalue weighted by molar-refractivity contribution is 0.619. The van der Waals surface area contributed by atoms with Crippen molar-refractivity contribution < 1.29 is 4.39 Å². The summed E-state index contributed by atoms with van der Waals surface area (Å²) in [6, 6.07) is 15.6. The predicted molar refractivity (Wildman–Crippen MR) is 67.6 cm³/mol. The Morgan fingerprint density at radius 2 is 1.94 bits per heavy atom. The van der Waals surface area contributed by atoms with Crippen molar-refractivity contribution in [2.45, 2.75) is 25.2 Å². The summed E-state index contributed by atoms with van der Waals surface area (Å²) in [7, 11) is 0. The largest absolute Gasteiger partial charge is 0.207 e. The average molecular weight is 226 g/mol. The highest BCUT2D eigenvalue weighted by Crippen LogP contribution is 2.35. The number of benzene rings is 2. The average Bonchev–Trinajstić information content (AvgIpc) is 2.73. The second-order valence-corrected chi connectivity index (χ2v) is 4.77. The van der Waals surface area contributed by atoms with Crippen LogP contribution in [0.2, 0.25) is 0 Å². The highest BCUT2D eigenvalue weighted by atomic mass is 19.1. The van der Waals surface area contributed by atoms with Crippen molar-refractivity contribution in [3.05, 3.63) is 71.0 Å². The molecule has 2 aromatic carbocycles. The van der Waals surface area contributed by atoms with Crippen molar-refractivity contribution in [3.63, 3.8) is 0 Å². The van der Waals surface area contributed by atoms with Gasteiger partial charge in [0.1, 0.15) is 5.82 Å². The standard InChI is InChI=1S/C16H15F/c17-15-6-3-4-12(11-15)10-14-9-8-13-5-1-2-7-16(13)14/h1-7,11,14H,8-10H2/t14-/m0/s1. The second kappa shape index (κ2) is 4.33. The summed E-state index contributed by atoms with van der Waals surface area (Å²) in [6.45, 7) is 0. The molecular formula is C16H15F. The topological polar surface area (TPSA) is 0 Å². The van der Waals surface area contributed by atoms with Crippen LogP contribution in [0.5, 0.6) is 0 Å². The lowest BCUT2D eigenvalue weighted by Gasteiger charge is -2.11. The molecule has 0 nitrogen and oxygen atoms in total. The van der Waals surface area contributed by atoms with Gasteiger partial charge in [-0.15, -0.1) is 0 Å². The molecule has 0 radical (unpaired) electrons. The molecule has 0 unspecified atom stereocenters. The fourth-order valence-electron chi connectivity index (χ4n) is 2.81. The third kappa shape index (κ3) is 2.10. The molecule has 86 valence electrons. The number of hydrogen-bond donors (Lipinski definition) is 0. The zero-order valence-electron chi connectivity index (χ0n) is 9.70.